The number of unbranched alkanes of at least 4 members (excludes halogenated alkanes) is 2. The summed E-state index contributed by atoms with van der Waals surface area (Å²) in [6, 6.07) is 10.2. The molecule has 1 heterocycles. The Labute approximate surface area is 180 Å². The van der Waals surface area contributed by atoms with E-state index in [4.69, 9.17) is 16.3 Å². The van der Waals surface area contributed by atoms with Crippen molar-refractivity contribution in [1.29, 1.82) is 0 Å². The normalized spacial score (nSPS) is 18.1. The van der Waals surface area contributed by atoms with Crippen molar-refractivity contribution in [2.75, 3.05) is 13.7 Å². The maximum atomic E-state index is 13.0. The van der Waals surface area contributed by atoms with Gasteiger partial charge >= 0.3 is 0 Å². The lowest BCUT2D eigenvalue weighted by Gasteiger charge is -2.25. The summed E-state index contributed by atoms with van der Waals surface area (Å²) >= 11 is 6.09. The summed E-state index contributed by atoms with van der Waals surface area (Å²) in [5.41, 5.74) is 0.706. The minimum Gasteiger partial charge on any atom is -0.508 e. The van der Waals surface area contributed by atoms with Gasteiger partial charge in [-0.15, -0.1) is 0 Å². The Morgan fingerprint density at radius 3 is 2.60 bits per heavy atom. The van der Waals surface area contributed by atoms with E-state index in [9.17, 15) is 19.8 Å². The summed E-state index contributed by atoms with van der Waals surface area (Å²) in [4.78, 5) is 27.3. The van der Waals surface area contributed by atoms with E-state index in [-0.39, 0.29) is 22.6 Å². The maximum absolute atomic E-state index is 13.0. The number of likely N-dealkylation sites (tertiary alicyclic amines) is 1. The van der Waals surface area contributed by atoms with Crippen molar-refractivity contribution in [2.45, 2.75) is 32.2 Å². The molecule has 1 saturated heterocycles. The highest BCUT2D eigenvalue weighted by atomic mass is 35.5. The molecular weight excluding hydrogens is 406 g/mol. The molecule has 0 saturated carbocycles. The van der Waals surface area contributed by atoms with Gasteiger partial charge in [0.1, 0.15) is 17.3 Å². The van der Waals surface area contributed by atoms with Crippen LogP contribution in [0.15, 0.2) is 48.0 Å². The van der Waals surface area contributed by atoms with Gasteiger partial charge in [0.2, 0.25) is 0 Å². The Balaban J connectivity index is 2.19. The van der Waals surface area contributed by atoms with Crippen LogP contribution in [0.25, 0.3) is 5.76 Å². The van der Waals surface area contributed by atoms with Crippen molar-refractivity contribution in [3.8, 4) is 11.5 Å². The first kappa shape index (κ1) is 21.7. The summed E-state index contributed by atoms with van der Waals surface area (Å²) in [6.45, 7) is 2.41. The number of nitrogens with zero attached hydrogens (tertiary/aromatic N) is 1. The maximum Gasteiger partial charge on any atom is 0.295 e. The highest BCUT2D eigenvalue weighted by Crippen LogP contribution is 2.42. The van der Waals surface area contributed by atoms with Crippen molar-refractivity contribution >= 4 is 29.1 Å². The highest BCUT2D eigenvalue weighted by molar-refractivity contribution is 6.46. The number of phenolic OH excluding ortho intramolecular Hbond substituents is 1. The van der Waals surface area contributed by atoms with Crippen molar-refractivity contribution in [1.82, 2.24) is 4.90 Å². The van der Waals surface area contributed by atoms with E-state index < -0.39 is 17.7 Å². The van der Waals surface area contributed by atoms with E-state index in [0.717, 1.165) is 19.3 Å². The number of aliphatic hydroxyl groups excluding tert-OH is 1. The number of carbonyl (C=O) groups excluding carboxylic acids is 2. The second-order valence-electron chi connectivity index (χ2n) is 7.14. The van der Waals surface area contributed by atoms with Gasteiger partial charge in [-0.3, -0.25) is 9.59 Å². The summed E-state index contributed by atoms with van der Waals surface area (Å²) in [7, 11) is 1.44. The number of ether oxygens (including phenoxy) is 1. The van der Waals surface area contributed by atoms with Gasteiger partial charge < -0.3 is 19.8 Å². The van der Waals surface area contributed by atoms with Gasteiger partial charge in [0, 0.05) is 11.6 Å². The fraction of sp³-hybridized carbons (Fsp3) is 0.304. The van der Waals surface area contributed by atoms with Gasteiger partial charge in [-0.25, -0.2) is 0 Å². The number of amides is 1. The molecule has 0 radical (unpaired) electrons. The SMILES string of the molecule is CCCCCN1C(=O)C(=O)/C(=C(/O)c2cc(Cl)ccc2OC)C1c1cccc(O)c1. The molecule has 1 unspecified atom stereocenters. The minimum atomic E-state index is -0.822. The zero-order valence-electron chi connectivity index (χ0n) is 16.9. The van der Waals surface area contributed by atoms with Gasteiger partial charge in [0.25, 0.3) is 11.7 Å². The lowest BCUT2D eigenvalue weighted by atomic mass is 9.94. The van der Waals surface area contributed by atoms with Gasteiger partial charge in [-0.1, -0.05) is 43.5 Å². The van der Waals surface area contributed by atoms with Crippen LogP contribution in [-0.2, 0) is 9.59 Å². The van der Waals surface area contributed by atoms with Crippen LogP contribution in [-0.4, -0.2) is 40.5 Å². The monoisotopic (exact) mass is 429 g/mol. The lowest BCUT2D eigenvalue weighted by molar-refractivity contribution is -0.139. The first-order valence-corrected chi connectivity index (χ1v) is 10.2. The molecule has 1 aliphatic heterocycles. The van der Waals surface area contributed by atoms with E-state index in [1.54, 1.807) is 24.3 Å². The molecule has 0 spiro atoms. The zero-order valence-corrected chi connectivity index (χ0v) is 17.6. The molecule has 1 aliphatic rings. The quantitative estimate of drug-likeness (QED) is 0.289. The molecule has 1 atom stereocenters. The number of phenols is 1. The number of hydrogen-bond donors (Lipinski definition) is 2. The third-order valence-electron chi connectivity index (χ3n) is 5.15. The summed E-state index contributed by atoms with van der Waals surface area (Å²) in [5.74, 6) is -1.49. The van der Waals surface area contributed by atoms with Crippen LogP contribution in [0.3, 0.4) is 0 Å². The second-order valence-corrected chi connectivity index (χ2v) is 7.58. The van der Waals surface area contributed by atoms with Crippen molar-refractivity contribution in [3.63, 3.8) is 0 Å². The lowest BCUT2D eigenvalue weighted by Crippen LogP contribution is -2.30. The molecule has 7 heteroatoms. The Bertz CT molecular complexity index is 1000. The van der Waals surface area contributed by atoms with Crippen LogP contribution in [0.1, 0.15) is 43.4 Å². The standard InChI is InChI=1S/C23H24ClNO5/c1-3-4-5-11-25-20(14-7-6-8-16(26)12-14)19(22(28)23(25)29)21(27)17-13-15(24)9-10-18(17)30-2/h6-10,12-13,20,26-27H,3-5,11H2,1-2H3/b21-19+. The molecule has 0 bridgehead atoms. The zero-order chi connectivity index (χ0) is 21.8. The summed E-state index contributed by atoms with van der Waals surface area (Å²) in [5, 5.41) is 21.4. The number of carbonyl (C=O) groups is 2. The van der Waals surface area contributed by atoms with Crippen LogP contribution >= 0.6 is 11.6 Å². The van der Waals surface area contributed by atoms with Gasteiger partial charge in [-0.2, -0.15) is 0 Å². The number of benzene rings is 2. The number of Topliss-reactive ketones (excluding diaryl/α,β-unsaturated/α-hetero) is 1. The van der Waals surface area contributed by atoms with Crippen LogP contribution in [0.5, 0.6) is 11.5 Å². The molecule has 158 valence electrons. The average molecular weight is 430 g/mol. The Kier molecular flexibility index (Phi) is 6.67. The molecule has 3 rings (SSSR count). The molecule has 0 aromatic heterocycles. The third kappa shape index (κ3) is 4.14. The van der Waals surface area contributed by atoms with Crippen LogP contribution in [0.2, 0.25) is 5.02 Å². The number of rotatable bonds is 7. The van der Waals surface area contributed by atoms with Gasteiger partial charge in [0.15, 0.2) is 0 Å². The van der Waals surface area contributed by atoms with Crippen LogP contribution < -0.4 is 4.74 Å². The van der Waals surface area contributed by atoms with E-state index >= 15 is 0 Å². The van der Waals surface area contributed by atoms with E-state index in [1.165, 1.54) is 30.2 Å². The first-order valence-electron chi connectivity index (χ1n) is 9.80. The molecule has 2 aromatic rings. The van der Waals surface area contributed by atoms with Crippen molar-refractivity contribution in [3.05, 3.63) is 64.2 Å². The highest BCUT2D eigenvalue weighted by Gasteiger charge is 2.46. The van der Waals surface area contributed by atoms with Crippen LogP contribution in [0.4, 0.5) is 0 Å². The van der Waals surface area contributed by atoms with E-state index in [2.05, 4.69) is 0 Å². The second kappa shape index (κ2) is 9.22. The average Bonchev–Trinajstić information content (AvgIpc) is 2.98. The first-order chi connectivity index (χ1) is 14.4. The predicted octanol–water partition coefficient (Wildman–Crippen LogP) is 4.67. The molecule has 6 nitrogen and oxygen atoms in total. The van der Waals surface area contributed by atoms with Crippen LogP contribution in [0, 0.1) is 0 Å². The fourth-order valence-electron chi connectivity index (χ4n) is 3.69. The molecule has 2 N–H and O–H groups in total. The van der Waals surface area contributed by atoms with Crippen molar-refractivity contribution < 1.29 is 24.5 Å². The summed E-state index contributed by atoms with van der Waals surface area (Å²) in [6.07, 6.45) is 2.58. The Morgan fingerprint density at radius 2 is 1.93 bits per heavy atom. The number of halogens is 1. The third-order valence-corrected chi connectivity index (χ3v) is 5.38. The molecule has 2 aromatic carbocycles. The number of hydrogen-bond acceptors (Lipinski definition) is 5. The smallest absolute Gasteiger partial charge is 0.295 e. The Hall–Kier alpha value is -2.99. The number of ketones is 1. The van der Waals surface area contributed by atoms with Gasteiger partial charge in [-0.05, 0) is 42.3 Å². The largest absolute Gasteiger partial charge is 0.508 e. The number of aliphatic hydroxyl groups is 1. The minimum absolute atomic E-state index is 0.00646. The topological polar surface area (TPSA) is 87.1 Å². The molecule has 1 amide bonds. The molecule has 30 heavy (non-hydrogen) atoms. The van der Waals surface area contributed by atoms with Crippen molar-refractivity contribution in [2.24, 2.45) is 0 Å². The van der Waals surface area contributed by atoms with Gasteiger partial charge in [0.05, 0.1) is 24.3 Å². The molecule has 1 fully saturated rings. The molecule has 0 aliphatic carbocycles. The summed E-state index contributed by atoms with van der Waals surface area (Å²) < 4.78 is 5.31. The number of methoxy groups -OCH3 is 1. The Morgan fingerprint density at radius 1 is 1.17 bits per heavy atom. The number of aromatic hydroxyl groups is 1. The molecular formula is C23H24ClNO5. The fourth-order valence-corrected chi connectivity index (χ4v) is 3.87. The van der Waals surface area contributed by atoms with E-state index in [1.807, 2.05) is 6.92 Å². The van der Waals surface area contributed by atoms with E-state index in [0.29, 0.717) is 22.9 Å². The predicted molar refractivity (Wildman–Crippen MR) is 115 cm³/mol.